The molecule has 0 radical (unpaired) electrons. The van der Waals surface area contributed by atoms with E-state index in [0.717, 1.165) is 20.3 Å². The number of benzene rings is 1. The van der Waals surface area contributed by atoms with Gasteiger partial charge in [0, 0.05) is 11.8 Å². The number of fused-ring (bicyclic) bond motifs is 1. The van der Waals surface area contributed by atoms with Crippen LogP contribution < -0.4 is 10.2 Å². The molecule has 0 spiro atoms. The predicted octanol–water partition coefficient (Wildman–Crippen LogP) is -1.78. The van der Waals surface area contributed by atoms with Gasteiger partial charge in [0.25, 0.3) is 5.85 Å². The first-order chi connectivity index (χ1) is 14.8. The Balaban J connectivity index is 1.67. The topological polar surface area (TPSA) is 132 Å². The van der Waals surface area contributed by atoms with Crippen LogP contribution >= 0.6 is 20.0 Å². The summed E-state index contributed by atoms with van der Waals surface area (Å²) < 4.78 is 51.8. The number of halogens is 1. The van der Waals surface area contributed by atoms with Crippen LogP contribution in [0.4, 0.5) is 4.39 Å². The molecule has 0 amide bonds. The second-order valence-electron chi connectivity index (χ2n) is 8.19. The van der Waals surface area contributed by atoms with E-state index in [2.05, 4.69) is 4.98 Å². The number of H-pyrrole nitrogens is 1. The molecule has 4 rings (SSSR count). The molecule has 10 nitrogen and oxygen atoms in total. The van der Waals surface area contributed by atoms with Gasteiger partial charge in [-0.05, 0) is 12.1 Å². The van der Waals surface area contributed by atoms with Gasteiger partial charge in [0.15, 0.2) is 7.85 Å². The highest BCUT2D eigenvalue weighted by Gasteiger charge is 2.69. The molecule has 1 aromatic heterocycles. The lowest BCUT2D eigenvalue weighted by atomic mass is 9.59. The standard InChI is InChI=1S/C16H19B3FN2O8PS/c17-15(22-6-5-10(32)21-13(22)25)12(24)11(23)14(20,29-15)16(18,19)30-31(26)27-7-8-3-1-2-4-9(8)28-31/h1-6,11-12,23-24H,7,17-19H2,(H,21,25,32)/t11-,12+,14-,15-,31?/m0/s1. The number of nitrogens with one attached hydrogen (secondary N) is 1. The first-order valence-electron chi connectivity index (χ1n) is 9.62. The fourth-order valence-corrected chi connectivity index (χ4v) is 5.44. The average molecular weight is 482 g/mol. The summed E-state index contributed by atoms with van der Waals surface area (Å²) in [6.07, 6.45) is -2.91. The third-order valence-electron chi connectivity index (χ3n) is 5.61. The van der Waals surface area contributed by atoms with Crippen molar-refractivity contribution >= 4 is 43.6 Å². The Labute approximate surface area is 189 Å². The number of hydrogen-bond acceptors (Lipinski definition) is 9. The molecule has 2 aliphatic rings. The zero-order valence-corrected chi connectivity index (χ0v) is 19.1. The number of aliphatic hydroxyl groups is 2. The summed E-state index contributed by atoms with van der Waals surface area (Å²) in [7, 11) is -0.818. The Hall–Kier alpha value is -1.73. The summed E-state index contributed by atoms with van der Waals surface area (Å²) in [5.74, 6) is -2.89. The fraction of sp³-hybridized carbons (Fsp3) is 0.375. The maximum atomic E-state index is 16.2. The molecular formula is C16H19B3FN2O8PS. The molecule has 0 aliphatic carbocycles. The van der Waals surface area contributed by atoms with E-state index in [1.807, 2.05) is 0 Å². The van der Waals surface area contributed by atoms with Crippen molar-refractivity contribution in [2.24, 2.45) is 0 Å². The largest absolute Gasteiger partial charge is 0.529 e. The number of hydrogen-bond donors (Lipinski definition) is 3. The van der Waals surface area contributed by atoms with E-state index >= 15 is 4.39 Å². The van der Waals surface area contributed by atoms with E-state index in [4.69, 9.17) is 30.5 Å². The van der Waals surface area contributed by atoms with Crippen LogP contribution in [0.3, 0.4) is 0 Å². The smallest absolute Gasteiger partial charge is 0.404 e. The monoisotopic (exact) mass is 482 g/mol. The van der Waals surface area contributed by atoms with Gasteiger partial charge in [-0.15, -0.1) is 0 Å². The van der Waals surface area contributed by atoms with Gasteiger partial charge in [-0.25, -0.2) is 13.8 Å². The van der Waals surface area contributed by atoms with E-state index in [-0.39, 0.29) is 17.0 Å². The van der Waals surface area contributed by atoms with E-state index in [9.17, 15) is 19.6 Å². The molecule has 16 heteroatoms. The first-order valence-corrected chi connectivity index (χ1v) is 11.5. The molecule has 1 aromatic carbocycles. The lowest BCUT2D eigenvalue weighted by Gasteiger charge is -2.41. The number of ether oxygens (including phenoxy) is 1. The lowest BCUT2D eigenvalue weighted by Crippen LogP contribution is -2.60. The molecule has 32 heavy (non-hydrogen) atoms. The average Bonchev–Trinajstić information content (AvgIpc) is 2.89. The van der Waals surface area contributed by atoms with Crippen molar-refractivity contribution in [3.63, 3.8) is 0 Å². The number of phosphoric acid groups is 1. The number of para-hydroxylation sites is 1. The number of rotatable bonds is 4. The summed E-state index contributed by atoms with van der Waals surface area (Å²) in [5.41, 5.74) is -2.23. The van der Waals surface area contributed by atoms with E-state index in [1.165, 1.54) is 20.1 Å². The highest BCUT2D eigenvalue weighted by atomic mass is 32.1. The Morgan fingerprint density at radius 3 is 2.69 bits per heavy atom. The van der Waals surface area contributed by atoms with Gasteiger partial charge < -0.3 is 19.5 Å². The van der Waals surface area contributed by atoms with E-state index in [0.29, 0.717) is 5.56 Å². The molecule has 0 bridgehead atoms. The van der Waals surface area contributed by atoms with Crippen molar-refractivity contribution in [3.05, 3.63) is 57.2 Å². The van der Waals surface area contributed by atoms with Crippen LogP contribution in [-0.4, -0.2) is 66.8 Å². The molecule has 3 N–H and O–H groups in total. The molecule has 2 aromatic rings. The number of aromatic nitrogens is 2. The molecule has 0 saturated carbocycles. The Bertz CT molecular complexity index is 1230. The summed E-state index contributed by atoms with van der Waals surface area (Å²) >= 11 is 4.88. The predicted molar refractivity (Wildman–Crippen MR) is 120 cm³/mol. The van der Waals surface area contributed by atoms with Crippen LogP contribution in [0.1, 0.15) is 5.56 Å². The Morgan fingerprint density at radius 2 is 2.00 bits per heavy atom. The van der Waals surface area contributed by atoms with Crippen LogP contribution in [-0.2, 0) is 30.6 Å². The summed E-state index contributed by atoms with van der Waals surface area (Å²) in [6, 6.07) is 8.00. The van der Waals surface area contributed by atoms with E-state index < -0.39 is 42.6 Å². The number of aromatic amines is 1. The number of nitrogens with zero attached hydrogens (tertiary/aromatic N) is 1. The molecule has 5 atom stereocenters. The van der Waals surface area contributed by atoms with Gasteiger partial charge in [0.2, 0.25) is 0 Å². The van der Waals surface area contributed by atoms with Crippen LogP contribution in [0.5, 0.6) is 5.75 Å². The lowest BCUT2D eigenvalue weighted by molar-refractivity contribution is -0.240. The third-order valence-corrected chi connectivity index (χ3v) is 7.39. The van der Waals surface area contributed by atoms with Gasteiger partial charge >= 0.3 is 13.5 Å². The third kappa shape index (κ3) is 3.62. The minimum absolute atomic E-state index is 0.106. The first kappa shape index (κ1) is 23.4. The van der Waals surface area contributed by atoms with Crippen molar-refractivity contribution < 1.29 is 37.5 Å². The summed E-state index contributed by atoms with van der Waals surface area (Å²) in [6.45, 7) is -0.106. The maximum Gasteiger partial charge on any atom is 0.529 e. The SMILES string of the molecule is BC(B)(OP1(=O)OCc2ccccc2O1)[C@@]1(F)O[C@@](B)(n2ccc(=S)[nH]c2=O)[C@H](O)[C@@H]1O. The zero-order chi connectivity index (χ0) is 23.5. The summed E-state index contributed by atoms with van der Waals surface area (Å²) in [4.78, 5) is 14.7. The molecule has 1 saturated heterocycles. The van der Waals surface area contributed by atoms with E-state index in [1.54, 1.807) is 24.3 Å². The molecule has 1 fully saturated rings. The van der Waals surface area contributed by atoms with Crippen LogP contribution in [0.2, 0.25) is 0 Å². The van der Waals surface area contributed by atoms with Crippen molar-refractivity contribution in [3.8, 4) is 5.75 Å². The number of aliphatic hydroxyl groups excluding tert-OH is 2. The Morgan fingerprint density at radius 1 is 1.31 bits per heavy atom. The van der Waals surface area contributed by atoms with Crippen molar-refractivity contribution in [2.75, 3.05) is 0 Å². The number of phosphoric ester groups is 1. The zero-order valence-electron chi connectivity index (χ0n) is 17.4. The maximum absolute atomic E-state index is 16.2. The molecule has 1 unspecified atom stereocenters. The Kier molecular flexibility index (Phi) is 5.61. The van der Waals surface area contributed by atoms with Gasteiger partial charge in [0.1, 0.15) is 43.9 Å². The highest BCUT2D eigenvalue weighted by Crippen LogP contribution is 2.59. The minimum Gasteiger partial charge on any atom is -0.404 e. The van der Waals surface area contributed by atoms with Gasteiger partial charge in [0.05, 0.1) is 12.0 Å². The highest BCUT2D eigenvalue weighted by molar-refractivity contribution is 7.71. The minimum atomic E-state index is -4.34. The van der Waals surface area contributed by atoms with Gasteiger partial charge in [-0.3, -0.25) is 18.6 Å². The second kappa shape index (κ2) is 7.66. The van der Waals surface area contributed by atoms with Crippen LogP contribution in [0.25, 0.3) is 0 Å². The second-order valence-corrected chi connectivity index (χ2v) is 10.2. The quantitative estimate of drug-likeness (QED) is 0.263. The summed E-state index contributed by atoms with van der Waals surface area (Å²) in [5, 5.41) is 19.1. The van der Waals surface area contributed by atoms with Crippen molar-refractivity contribution in [1.29, 1.82) is 0 Å². The number of alkyl halides is 1. The van der Waals surface area contributed by atoms with Crippen LogP contribution in [0.15, 0.2) is 41.3 Å². The normalized spacial score (nSPS) is 34.6. The van der Waals surface area contributed by atoms with Crippen molar-refractivity contribution in [1.82, 2.24) is 9.55 Å². The molecule has 168 valence electrons. The van der Waals surface area contributed by atoms with Crippen molar-refractivity contribution in [2.45, 2.75) is 35.7 Å². The molecule has 3 heterocycles. The van der Waals surface area contributed by atoms with Gasteiger partial charge in [-0.1, -0.05) is 30.4 Å². The molecular weight excluding hydrogens is 463 g/mol. The van der Waals surface area contributed by atoms with Gasteiger partial charge in [-0.2, -0.15) is 0 Å². The molecule has 2 aliphatic heterocycles. The van der Waals surface area contributed by atoms with Crippen LogP contribution in [0, 0.1) is 4.64 Å². The fourth-order valence-electron chi connectivity index (χ4n) is 3.75.